The van der Waals surface area contributed by atoms with Crippen LogP contribution < -0.4 is 0 Å². The molecule has 0 unspecified atom stereocenters. The summed E-state index contributed by atoms with van der Waals surface area (Å²) < 4.78 is 5.81. The number of furan rings is 1. The van der Waals surface area contributed by atoms with E-state index < -0.39 is 0 Å². The molecule has 2 fully saturated rings. The number of benzene rings is 1. The number of rotatable bonds is 2. The van der Waals surface area contributed by atoms with Crippen molar-refractivity contribution in [3.63, 3.8) is 0 Å². The van der Waals surface area contributed by atoms with E-state index in [0.717, 1.165) is 74.1 Å². The van der Waals surface area contributed by atoms with Crippen LogP contribution in [0, 0.1) is 19.3 Å². The lowest BCUT2D eigenvalue weighted by atomic mass is 9.71. The molecule has 0 bridgehead atoms. The third-order valence-corrected chi connectivity index (χ3v) is 7.57. The summed E-state index contributed by atoms with van der Waals surface area (Å²) in [5.41, 5.74) is 3.55. The molecule has 5 rings (SSSR count). The van der Waals surface area contributed by atoms with Crippen molar-refractivity contribution in [2.75, 3.05) is 26.2 Å². The fourth-order valence-electron chi connectivity index (χ4n) is 5.37. The summed E-state index contributed by atoms with van der Waals surface area (Å²) in [5, 5.41) is 0.891. The Morgan fingerprint density at radius 3 is 2.18 bits per heavy atom. The van der Waals surface area contributed by atoms with Gasteiger partial charge in [0.1, 0.15) is 11.5 Å². The number of fused-ring (bicyclic) bond motifs is 1. The summed E-state index contributed by atoms with van der Waals surface area (Å²) in [6, 6.07) is 11.8. The number of likely N-dealkylation sites (tertiary alicyclic amines) is 2. The number of pyridine rings is 1. The van der Waals surface area contributed by atoms with Crippen molar-refractivity contribution in [1.29, 1.82) is 0 Å². The van der Waals surface area contributed by atoms with Crippen molar-refractivity contribution in [3.8, 4) is 11.5 Å². The van der Waals surface area contributed by atoms with Gasteiger partial charge < -0.3 is 14.2 Å². The van der Waals surface area contributed by atoms with Crippen molar-refractivity contribution in [3.05, 3.63) is 53.3 Å². The van der Waals surface area contributed by atoms with E-state index in [1.54, 1.807) is 6.92 Å². The Bertz CT molecular complexity index is 1210. The van der Waals surface area contributed by atoms with Gasteiger partial charge in [0.25, 0.3) is 5.91 Å². The molecule has 0 radical (unpaired) electrons. The molecule has 6 heteroatoms. The normalized spacial score (nSPS) is 18.2. The molecule has 6 nitrogen and oxygen atoms in total. The highest BCUT2D eigenvalue weighted by atomic mass is 16.3. The monoisotopic (exact) mass is 445 g/mol. The maximum absolute atomic E-state index is 13.7. The first-order valence-corrected chi connectivity index (χ1v) is 11.9. The number of carbonyl (C=O) groups excluding carboxylic acids is 2. The summed E-state index contributed by atoms with van der Waals surface area (Å²) >= 11 is 0. The molecule has 2 aliphatic heterocycles. The first-order chi connectivity index (χ1) is 15.8. The van der Waals surface area contributed by atoms with Gasteiger partial charge in [-0.25, -0.2) is 4.98 Å². The average Bonchev–Trinajstić information content (AvgIpc) is 3.25. The quantitative estimate of drug-likeness (QED) is 0.558. The lowest BCUT2D eigenvalue weighted by molar-refractivity contribution is -0.131. The van der Waals surface area contributed by atoms with Crippen LogP contribution in [0.1, 0.15) is 54.3 Å². The number of amides is 2. The number of nitrogens with zero attached hydrogens (tertiary/aromatic N) is 3. The molecule has 1 spiro atoms. The summed E-state index contributed by atoms with van der Waals surface area (Å²) in [6.45, 7) is 8.78. The van der Waals surface area contributed by atoms with Gasteiger partial charge in [0.15, 0.2) is 5.76 Å². The zero-order chi connectivity index (χ0) is 23.2. The standard InChI is InChI=1S/C27H31N3O3/c1-18-4-6-23-21(16-18)22(17-24(28-23)25-7-5-19(2)33-25)26(32)30-14-10-27(11-15-30)8-12-29(13-9-27)20(3)31/h4-7,16-17H,8-15H2,1-3H3. The van der Waals surface area contributed by atoms with E-state index in [1.165, 1.54) is 0 Å². The third-order valence-electron chi connectivity index (χ3n) is 7.57. The Morgan fingerprint density at radius 2 is 1.58 bits per heavy atom. The zero-order valence-electron chi connectivity index (χ0n) is 19.7. The molecule has 2 amide bonds. The smallest absolute Gasteiger partial charge is 0.254 e. The van der Waals surface area contributed by atoms with Crippen molar-refractivity contribution in [2.24, 2.45) is 5.41 Å². The van der Waals surface area contributed by atoms with Crippen LogP contribution in [0.4, 0.5) is 0 Å². The van der Waals surface area contributed by atoms with Crippen molar-refractivity contribution in [1.82, 2.24) is 14.8 Å². The van der Waals surface area contributed by atoms with Crippen LogP contribution in [0.2, 0.25) is 0 Å². The molecule has 1 aromatic carbocycles. The maximum atomic E-state index is 13.7. The molecule has 0 saturated carbocycles. The number of hydrogen-bond acceptors (Lipinski definition) is 4. The Balaban J connectivity index is 1.40. The number of aryl methyl sites for hydroxylation is 2. The molecule has 33 heavy (non-hydrogen) atoms. The first kappa shape index (κ1) is 21.7. The van der Waals surface area contributed by atoms with Gasteiger partial charge in [0.05, 0.1) is 11.1 Å². The van der Waals surface area contributed by atoms with Gasteiger partial charge in [-0.2, -0.15) is 0 Å². The molecule has 2 saturated heterocycles. The van der Waals surface area contributed by atoms with Crippen LogP contribution in [0.3, 0.4) is 0 Å². The lowest BCUT2D eigenvalue weighted by Crippen LogP contribution is -2.49. The van der Waals surface area contributed by atoms with E-state index in [-0.39, 0.29) is 17.2 Å². The molecule has 3 aromatic rings. The van der Waals surface area contributed by atoms with E-state index in [9.17, 15) is 9.59 Å². The highest BCUT2D eigenvalue weighted by Gasteiger charge is 2.39. The Labute approximate surface area is 194 Å². The highest BCUT2D eigenvalue weighted by molar-refractivity contribution is 6.07. The molecular weight excluding hydrogens is 414 g/mol. The zero-order valence-corrected chi connectivity index (χ0v) is 19.7. The van der Waals surface area contributed by atoms with Crippen molar-refractivity contribution in [2.45, 2.75) is 46.5 Å². The van der Waals surface area contributed by atoms with E-state index in [2.05, 4.69) is 6.07 Å². The molecule has 0 aliphatic carbocycles. The van der Waals surface area contributed by atoms with Crippen LogP contribution in [0.15, 0.2) is 40.8 Å². The molecular formula is C27H31N3O3. The van der Waals surface area contributed by atoms with E-state index in [0.29, 0.717) is 17.0 Å². The molecule has 172 valence electrons. The second-order valence-electron chi connectivity index (χ2n) is 9.78. The summed E-state index contributed by atoms with van der Waals surface area (Å²) in [6.07, 6.45) is 4.06. The molecule has 0 atom stereocenters. The summed E-state index contributed by atoms with van der Waals surface area (Å²) in [4.78, 5) is 34.2. The Kier molecular flexibility index (Phi) is 5.47. The van der Waals surface area contributed by atoms with E-state index in [4.69, 9.17) is 9.40 Å². The molecule has 2 aliphatic rings. The predicted molar refractivity (Wildman–Crippen MR) is 128 cm³/mol. The second kappa shape index (κ2) is 8.32. The number of hydrogen-bond donors (Lipinski definition) is 0. The van der Waals surface area contributed by atoms with E-state index in [1.807, 2.05) is 54.0 Å². The Morgan fingerprint density at radius 1 is 0.909 bits per heavy atom. The van der Waals surface area contributed by atoms with Gasteiger partial charge in [-0.15, -0.1) is 0 Å². The number of aromatic nitrogens is 1. The highest BCUT2D eigenvalue weighted by Crippen LogP contribution is 2.41. The summed E-state index contributed by atoms with van der Waals surface area (Å²) in [7, 11) is 0. The van der Waals surface area contributed by atoms with Crippen molar-refractivity contribution < 1.29 is 14.0 Å². The molecule has 0 N–H and O–H groups in total. The fraction of sp³-hybridized carbons (Fsp3) is 0.444. The van der Waals surface area contributed by atoms with Crippen molar-refractivity contribution >= 4 is 22.7 Å². The SMILES string of the molecule is CC(=O)N1CCC2(CC1)CCN(C(=O)c1cc(-c3ccc(C)o3)nc3ccc(C)cc13)CC2. The van der Waals surface area contributed by atoms with Crippen LogP contribution >= 0.6 is 0 Å². The predicted octanol–water partition coefficient (Wildman–Crippen LogP) is 4.98. The largest absolute Gasteiger partial charge is 0.460 e. The Hall–Kier alpha value is -3.15. The van der Waals surface area contributed by atoms with E-state index >= 15 is 0 Å². The van der Waals surface area contributed by atoms with Gasteiger partial charge in [0.2, 0.25) is 5.91 Å². The minimum Gasteiger partial charge on any atom is -0.460 e. The maximum Gasteiger partial charge on any atom is 0.254 e. The minimum absolute atomic E-state index is 0.0635. The van der Waals surface area contributed by atoms with Gasteiger partial charge in [-0.1, -0.05) is 11.6 Å². The number of piperidine rings is 2. The van der Waals surface area contributed by atoms with Gasteiger partial charge in [-0.05, 0) is 75.3 Å². The first-order valence-electron chi connectivity index (χ1n) is 11.9. The van der Waals surface area contributed by atoms with Gasteiger partial charge in [0, 0.05) is 38.5 Å². The number of carbonyl (C=O) groups is 2. The van der Waals surface area contributed by atoms with Crippen LogP contribution in [0.5, 0.6) is 0 Å². The molecule has 4 heterocycles. The van der Waals surface area contributed by atoms with Crippen LogP contribution in [-0.4, -0.2) is 52.8 Å². The lowest BCUT2D eigenvalue weighted by Gasteiger charge is -2.46. The fourth-order valence-corrected chi connectivity index (χ4v) is 5.37. The summed E-state index contributed by atoms with van der Waals surface area (Å²) in [5.74, 6) is 1.73. The average molecular weight is 446 g/mol. The molecule has 2 aromatic heterocycles. The topological polar surface area (TPSA) is 66.7 Å². The van der Waals surface area contributed by atoms with Crippen LogP contribution in [0.25, 0.3) is 22.4 Å². The second-order valence-corrected chi connectivity index (χ2v) is 9.78. The van der Waals surface area contributed by atoms with Gasteiger partial charge in [-0.3, -0.25) is 9.59 Å². The van der Waals surface area contributed by atoms with Gasteiger partial charge >= 0.3 is 0 Å². The minimum atomic E-state index is 0.0635. The van der Waals surface area contributed by atoms with Crippen LogP contribution in [-0.2, 0) is 4.79 Å². The third kappa shape index (κ3) is 4.14.